The van der Waals surface area contributed by atoms with Crippen LogP contribution in [0.5, 0.6) is 11.8 Å². The first-order valence-corrected chi connectivity index (χ1v) is 7.73. The van der Waals surface area contributed by atoms with E-state index < -0.39 is 11.5 Å². The molecule has 23 heavy (non-hydrogen) atoms. The number of hydrogen-bond acceptors (Lipinski definition) is 6. The minimum atomic E-state index is -0.860. The molecule has 0 amide bonds. The van der Waals surface area contributed by atoms with Gasteiger partial charge in [-0.1, -0.05) is 12.1 Å². The molecular weight excluding hydrogens is 362 g/mol. The second-order valence-electron chi connectivity index (χ2n) is 5.55. The fourth-order valence-electron chi connectivity index (χ4n) is 2.04. The third kappa shape index (κ3) is 4.05. The summed E-state index contributed by atoms with van der Waals surface area (Å²) in [5, 5.41) is 0. The average Bonchev–Trinajstić information content (AvgIpc) is 2.55. The van der Waals surface area contributed by atoms with Gasteiger partial charge in [0.1, 0.15) is 5.75 Å². The summed E-state index contributed by atoms with van der Waals surface area (Å²) in [5.41, 5.74) is 6.14. The first kappa shape index (κ1) is 17.4. The molecule has 2 rings (SSSR count). The van der Waals surface area contributed by atoms with Gasteiger partial charge in [0.05, 0.1) is 17.0 Å². The van der Waals surface area contributed by atoms with E-state index in [0.29, 0.717) is 5.75 Å². The molecule has 0 spiro atoms. The van der Waals surface area contributed by atoms with Crippen LogP contribution in [0.3, 0.4) is 0 Å². The van der Waals surface area contributed by atoms with Gasteiger partial charge in [0.25, 0.3) is 0 Å². The van der Waals surface area contributed by atoms with Crippen molar-refractivity contribution in [1.29, 1.82) is 0 Å². The summed E-state index contributed by atoms with van der Waals surface area (Å²) in [6.07, 6.45) is 3.19. The van der Waals surface area contributed by atoms with Crippen LogP contribution in [-0.2, 0) is 9.53 Å². The average molecular weight is 380 g/mol. The molecule has 1 aromatic heterocycles. The molecule has 1 atom stereocenters. The summed E-state index contributed by atoms with van der Waals surface area (Å²) in [4.78, 5) is 20.0. The number of nitrogens with two attached hydrogens (primary N) is 1. The molecule has 0 saturated carbocycles. The molecule has 1 aromatic carbocycles. The summed E-state index contributed by atoms with van der Waals surface area (Å²) < 4.78 is 11.2. The van der Waals surface area contributed by atoms with Crippen molar-refractivity contribution in [2.75, 3.05) is 7.11 Å². The van der Waals surface area contributed by atoms with Crippen molar-refractivity contribution in [3.63, 3.8) is 0 Å². The Hall–Kier alpha value is -1.99. The first-order valence-electron chi connectivity index (χ1n) is 6.94. The van der Waals surface area contributed by atoms with Crippen LogP contribution in [0, 0.1) is 5.41 Å². The molecule has 0 aliphatic rings. The third-order valence-corrected chi connectivity index (χ3v) is 3.92. The molecule has 1 heterocycles. The van der Waals surface area contributed by atoms with Crippen LogP contribution in [0.4, 0.5) is 0 Å². The summed E-state index contributed by atoms with van der Waals surface area (Å²) in [6.45, 7) is 3.49. The van der Waals surface area contributed by atoms with Gasteiger partial charge < -0.3 is 15.2 Å². The van der Waals surface area contributed by atoms with Crippen LogP contribution in [0.2, 0.25) is 0 Å². The van der Waals surface area contributed by atoms with E-state index in [1.54, 1.807) is 44.4 Å². The minimum absolute atomic E-state index is 0.228. The Labute approximate surface area is 143 Å². The number of ether oxygens (including phenoxy) is 2. The number of rotatable bonds is 5. The van der Waals surface area contributed by atoms with E-state index in [0.717, 1.165) is 10.0 Å². The SMILES string of the molecule is COC(=O)C(C)(C)[C@H](N)c1cccc(Oc2ncc(Br)cn2)c1. The molecule has 0 saturated heterocycles. The van der Waals surface area contributed by atoms with E-state index in [9.17, 15) is 4.79 Å². The lowest BCUT2D eigenvalue weighted by Gasteiger charge is -2.29. The van der Waals surface area contributed by atoms with E-state index in [4.69, 9.17) is 15.2 Å². The van der Waals surface area contributed by atoms with E-state index in [2.05, 4.69) is 25.9 Å². The molecule has 0 aliphatic heterocycles. The fraction of sp³-hybridized carbons (Fsp3) is 0.312. The van der Waals surface area contributed by atoms with E-state index in [1.807, 2.05) is 6.07 Å². The first-order chi connectivity index (χ1) is 10.8. The number of benzene rings is 1. The number of carbonyl (C=O) groups is 1. The van der Waals surface area contributed by atoms with Crippen molar-refractivity contribution in [2.45, 2.75) is 19.9 Å². The molecule has 0 radical (unpaired) electrons. The van der Waals surface area contributed by atoms with Gasteiger partial charge in [-0.25, -0.2) is 9.97 Å². The molecule has 0 fully saturated rings. The second-order valence-corrected chi connectivity index (χ2v) is 6.47. The van der Waals surface area contributed by atoms with Crippen LogP contribution in [-0.4, -0.2) is 23.0 Å². The fourth-order valence-corrected chi connectivity index (χ4v) is 2.24. The van der Waals surface area contributed by atoms with Crippen LogP contribution < -0.4 is 10.5 Å². The standard InChI is InChI=1S/C16H18BrN3O3/c1-16(2,14(21)22-3)13(18)10-5-4-6-12(7-10)23-15-19-8-11(17)9-20-15/h4-9,13H,18H2,1-3H3/t13-/m1/s1. The van der Waals surface area contributed by atoms with Gasteiger partial charge in [0.2, 0.25) is 0 Å². The van der Waals surface area contributed by atoms with Crippen molar-refractivity contribution in [3.8, 4) is 11.8 Å². The quantitative estimate of drug-likeness (QED) is 0.802. The molecular formula is C16H18BrN3O3. The highest BCUT2D eigenvalue weighted by Crippen LogP contribution is 2.34. The van der Waals surface area contributed by atoms with Crippen LogP contribution >= 0.6 is 15.9 Å². The number of nitrogens with zero attached hydrogens (tertiary/aromatic N) is 2. The van der Waals surface area contributed by atoms with Gasteiger partial charge in [-0.05, 0) is 47.5 Å². The Morgan fingerprint density at radius 3 is 2.57 bits per heavy atom. The smallest absolute Gasteiger partial charge is 0.321 e. The lowest BCUT2D eigenvalue weighted by Crippen LogP contribution is -2.37. The molecule has 122 valence electrons. The molecule has 6 nitrogen and oxygen atoms in total. The lowest BCUT2D eigenvalue weighted by atomic mass is 9.81. The Balaban J connectivity index is 2.22. The summed E-state index contributed by atoms with van der Waals surface area (Å²) in [5.74, 6) is 0.175. The number of esters is 1. The highest BCUT2D eigenvalue weighted by molar-refractivity contribution is 9.10. The largest absolute Gasteiger partial charge is 0.469 e. The summed E-state index contributed by atoms with van der Waals surface area (Å²) >= 11 is 3.26. The number of hydrogen-bond donors (Lipinski definition) is 1. The summed E-state index contributed by atoms with van der Waals surface area (Å²) in [7, 11) is 1.35. The Morgan fingerprint density at radius 2 is 1.96 bits per heavy atom. The maximum atomic E-state index is 11.9. The maximum absolute atomic E-state index is 11.9. The molecule has 2 N–H and O–H groups in total. The number of halogens is 1. The van der Waals surface area contributed by atoms with Gasteiger partial charge in [0.15, 0.2) is 0 Å². The monoisotopic (exact) mass is 379 g/mol. The molecule has 7 heteroatoms. The van der Waals surface area contributed by atoms with Crippen LogP contribution in [0.25, 0.3) is 0 Å². The normalized spacial score (nSPS) is 12.6. The maximum Gasteiger partial charge on any atom is 0.321 e. The van der Waals surface area contributed by atoms with Crippen molar-refractivity contribution in [3.05, 3.63) is 46.7 Å². The minimum Gasteiger partial charge on any atom is -0.469 e. The Bertz CT molecular complexity index is 689. The van der Waals surface area contributed by atoms with Crippen LogP contribution in [0.15, 0.2) is 41.1 Å². The van der Waals surface area contributed by atoms with E-state index >= 15 is 0 Å². The Kier molecular flexibility index (Phi) is 5.33. The summed E-state index contributed by atoms with van der Waals surface area (Å²) in [6, 6.07) is 6.87. The Morgan fingerprint density at radius 1 is 1.30 bits per heavy atom. The van der Waals surface area contributed by atoms with Crippen molar-refractivity contribution < 1.29 is 14.3 Å². The molecule has 0 unspecified atom stereocenters. The van der Waals surface area contributed by atoms with Gasteiger partial charge in [-0.3, -0.25) is 4.79 Å². The highest BCUT2D eigenvalue weighted by atomic mass is 79.9. The van der Waals surface area contributed by atoms with E-state index in [-0.39, 0.29) is 12.0 Å². The molecule has 2 aromatic rings. The van der Waals surface area contributed by atoms with Gasteiger partial charge >= 0.3 is 12.0 Å². The third-order valence-electron chi connectivity index (χ3n) is 3.51. The van der Waals surface area contributed by atoms with Gasteiger partial charge in [0, 0.05) is 18.4 Å². The van der Waals surface area contributed by atoms with Crippen molar-refractivity contribution in [2.24, 2.45) is 11.1 Å². The van der Waals surface area contributed by atoms with Gasteiger partial charge in [-0.2, -0.15) is 0 Å². The zero-order chi connectivity index (χ0) is 17.0. The predicted octanol–water partition coefficient (Wildman–Crippen LogP) is 3.23. The number of methoxy groups -OCH3 is 1. The zero-order valence-corrected chi connectivity index (χ0v) is 14.7. The van der Waals surface area contributed by atoms with Crippen molar-refractivity contribution >= 4 is 21.9 Å². The molecule has 0 bridgehead atoms. The second kappa shape index (κ2) is 7.06. The van der Waals surface area contributed by atoms with Crippen LogP contribution in [0.1, 0.15) is 25.5 Å². The molecule has 0 aliphatic carbocycles. The van der Waals surface area contributed by atoms with Gasteiger partial charge in [-0.15, -0.1) is 0 Å². The van der Waals surface area contributed by atoms with E-state index in [1.165, 1.54) is 7.11 Å². The predicted molar refractivity (Wildman–Crippen MR) is 89.0 cm³/mol. The number of carbonyl (C=O) groups excluding carboxylic acids is 1. The lowest BCUT2D eigenvalue weighted by molar-refractivity contribution is -0.152. The van der Waals surface area contributed by atoms with Crippen molar-refractivity contribution in [1.82, 2.24) is 9.97 Å². The highest BCUT2D eigenvalue weighted by Gasteiger charge is 2.36. The topological polar surface area (TPSA) is 87.3 Å². The number of aromatic nitrogens is 2. The zero-order valence-electron chi connectivity index (χ0n) is 13.1.